The van der Waals surface area contributed by atoms with E-state index in [1.807, 2.05) is 215 Å². The van der Waals surface area contributed by atoms with Gasteiger partial charge in [-0.2, -0.15) is 22.1 Å². The van der Waals surface area contributed by atoms with Gasteiger partial charge in [-0.25, -0.2) is 16.8 Å². The molecule has 0 aliphatic rings. The molecule has 0 amide bonds. The number of carbonyl (C=O) groups is 2. The number of pyridine rings is 4. The number of benzene rings is 10. The topological polar surface area (TPSA) is 283 Å². The number of carboxylic acids is 1. The Morgan fingerprint density at radius 3 is 1.25 bits per heavy atom. The summed E-state index contributed by atoms with van der Waals surface area (Å²) in [6.07, 6.45) is 10.4. The van der Waals surface area contributed by atoms with E-state index in [9.17, 15) is 20.7 Å². The van der Waals surface area contributed by atoms with Crippen LogP contribution in [-0.2, 0) is 88.6 Å². The summed E-state index contributed by atoms with van der Waals surface area (Å²) in [5.74, 6) is 1.27. The number of carboxylic acid groups (broad SMARTS) is 1. The molecule has 14 rings (SSSR count). The third-order valence-electron chi connectivity index (χ3n) is 13.6. The van der Waals surface area contributed by atoms with Crippen molar-refractivity contribution in [1.29, 1.82) is 0 Å². The zero-order valence-electron chi connectivity index (χ0n) is 59.4. The van der Waals surface area contributed by atoms with Crippen LogP contribution in [0.1, 0.15) is 30.6 Å². The average molecular weight is 1730 g/mol. The van der Waals surface area contributed by atoms with Crippen molar-refractivity contribution in [1.82, 2.24) is 19.9 Å². The maximum absolute atomic E-state index is 12.7. The number of fused-ring (bicyclic) bond motifs is 6. The van der Waals surface area contributed by atoms with Crippen molar-refractivity contribution in [2.45, 2.75) is 43.8 Å². The van der Waals surface area contributed by atoms with Crippen LogP contribution in [-0.4, -0.2) is 67.0 Å². The molecule has 107 heavy (non-hydrogen) atoms. The van der Waals surface area contributed by atoms with Crippen LogP contribution in [0, 0.1) is 19.9 Å². The first kappa shape index (κ1) is 95.6. The number of aryl methyl sites for hydroxylation is 2. The van der Waals surface area contributed by atoms with Gasteiger partial charge in [0.25, 0.3) is 12.4 Å². The van der Waals surface area contributed by atoms with E-state index >= 15 is 0 Å². The van der Waals surface area contributed by atoms with Crippen molar-refractivity contribution in [3.8, 4) is 17.2 Å². The van der Waals surface area contributed by atoms with Crippen LogP contribution in [0.15, 0.2) is 326 Å². The van der Waals surface area contributed by atoms with E-state index in [4.69, 9.17) is 39.1 Å². The van der Waals surface area contributed by atoms with Gasteiger partial charge in [0, 0.05) is 100 Å². The number of nitrogens with zero attached hydrogens (tertiary/aromatic N) is 6. The van der Waals surface area contributed by atoms with E-state index in [0.29, 0.717) is 43.8 Å². The second kappa shape index (κ2) is 54.2. The Morgan fingerprint density at radius 1 is 0.523 bits per heavy atom. The molecule has 0 spiro atoms. The van der Waals surface area contributed by atoms with E-state index in [1.165, 1.54) is 5.56 Å². The molecule has 0 aliphatic carbocycles. The molecule has 0 saturated carbocycles. The number of carbonyl (C=O) groups excluding carboxylic acids is 1. The minimum absolute atomic E-state index is 0. The number of aromatic nitrogens is 4. The smallest absolute Gasteiger partial charge is 1.00 e. The summed E-state index contributed by atoms with van der Waals surface area (Å²) in [6, 6.07) is 88.8. The van der Waals surface area contributed by atoms with Crippen molar-refractivity contribution in [3.05, 3.63) is 354 Å². The van der Waals surface area contributed by atoms with Crippen LogP contribution >= 0.6 is 13.0 Å². The summed E-state index contributed by atoms with van der Waals surface area (Å²) < 4.78 is 84.2. The van der Waals surface area contributed by atoms with Gasteiger partial charge in [0.15, 0.2) is 0 Å². The molecule has 10 aromatic carbocycles. The van der Waals surface area contributed by atoms with Gasteiger partial charge in [-0.05, 0) is 119 Å². The van der Waals surface area contributed by atoms with Gasteiger partial charge in [-0.15, -0.1) is 23.5 Å². The molecule has 0 bridgehead atoms. The average Bonchev–Trinajstić information content (AvgIpc) is 0.776. The maximum Gasteiger partial charge on any atom is 2.00 e. The Kier molecular flexibility index (Phi) is 48.4. The molecule has 4 heterocycles. The van der Waals surface area contributed by atoms with Crippen LogP contribution in [0.5, 0.6) is 17.2 Å². The number of ether oxygens (including phenoxy) is 2. The standard InChI is InChI=1S/2C20H15N2O2S.C13H12BO3.C13H11O.2C5H5N.C2H4O2.CH2O3.FHS.2K.2Pd.H/c2*1-14-7-11-17(12-8-14)25(23,24)22-18-6-2-4-15-9-10-16-5-3-13-21-20(16)19(15)18;15-14-17-13-8-4-7-12(9-13)16-10-11-5-2-1-3-6-11;1-3-7-12(8-4-1)11-14-13-9-5-2-6-10-13;2*1-2-4-6-5-3-1;1-2(3)4;2-1-4-3;1-2;;;;;/h2*2-13H,1H3;1-9,15H,10H2;1-5,7-10H,11H2;2*1-5H;1H3,(H,3,4);1,3H;2H;;;;;/q2*-1;;-1;;;;;;2*+1;;+2;-1/p-1. The van der Waals surface area contributed by atoms with Crippen molar-refractivity contribution in [2.75, 3.05) is 0 Å². The Morgan fingerprint density at radius 2 is 0.888 bits per heavy atom. The van der Waals surface area contributed by atoms with E-state index in [2.05, 4.69) is 40.3 Å². The number of hydrogen-bond donors (Lipinski definition) is 3. The van der Waals surface area contributed by atoms with Crippen LogP contribution in [0.25, 0.3) is 52.8 Å². The van der Waals surface area contributed by atoms with Gasteiger partial charge >= 0.3 is 131 Å². The van der Waals surface area contributed by atoms with Gasteiger partial charge < -0.3 is 45.3 Å². The number of rotatable bonds is 15. The summed E-state index contributed by atoms with van der Waals surface area (Å²) in [7, 11) is -6.94. The number of sulfonamides is 2. The van der Waals surface area contributed by atoms with E-state index < -0.39 is 26.0 Å². The SMILES string of the molecule is CC(=O)O.Cc1ccc(S(=O)(=O)[N-]c2cccc3ccc4cccnc4c23)cc1.Cc1ccc(S(=O)(=O)[N-]c2cccc3ccc4cccnc4c23)cc1.FS.O=CO[O-].O[B]Oc1cccc(OCc2ccccc2)c1.[H-].[K+].[K+].[Pd+2].[Pd].[c-]1cccc(OCc2ccccc2)c1.c1ccncc1.c1ccncc1. The monoisotopic (exact) mass is 1730 g/mol. The fourth-order valence-electron chi connectivity index (χ4n) is 9.00. The van der Waals surface area contributed by atoms with Crippen molar-refractivity contribution >= 4 is 108 Å². The largest absolute Gasteiger partial charge is 2.00 e. The number of halogens is 1. The predicted molar refractivity (Wildman–Crippen MR) is 403 cm³/mol. The van der Waals surface area contributed by atoms with Crippen molar-refractivity contribution in [3.63, 3.8) is 0 Å². The van der Waals surface area contributed by atoms with Crippen LogP contribution in [0.3, 0.4) is 0 Å². The zero-order valence-corrected chi connectivity index (χ0v) is 70.3. The first-order valence-corrected chi connectivity index (χ1v) is 34.2. The molecule has 19 nitrogen and oxygen atoms in total. The Balaban J connectivity index is 0.000000657. The molecule has 545 valence electrons. The summed E-state index contributed by atoms with van der Waals surface area (Å²) in [5, 5.41) is 29.6. The Hall–Kier alpha value is -7.46. The van der Waals surface area contributed by atoms with Gasteiger partial charge in [-0.1, -0.05) is 187 Å². The fraction of sp³-hybridized carbons (Fsp3) is 0.0633. The van der Waals surface area contributed by atoms with Gasteiger partial charge in [0.1, 0.15) is 38.2 Å². The molecular formula is C79H70BFK2N6O13Pd2S3-. The first-order valence-electron chi connectivity index (χ1n) is 31.0. The maximum atomic E-state index is 12.7. The van der Waals surface area contributed by atoms with Crippen LogP contribution < -0.4 is 122 Å². The molecule has 14 aromatic rings. The molecule has 0 saturated heterocycles. The van der Waals surface area contributed by atoms with Crippen molar-refractivity contribution in [2.24, 2.45) is 0 Å². The van der Waals surface area contributed by atoms with Gasteiger partial charge in [-0.3, -0.25) is 29.5 Å². The second-order valence-electron chi connectivity index (χ2n) is 21.0. The minimum Gasteiger partial charge on any atom is -1.00 e. The minimum atomic E-state index is -3.79. The Bertz CT molecular complexity index is 4740. The predicted octanol–water partition coefficient (Wildman–Crippen LogP) is 11.0. The molecule has 0 fully saturated rings. The van der Waals surface area contributed by atoms with Crippen LogP contribution in [0.2, 0.25) is 0 Å². The second-order valence-corrected chi connectivity index (χ2v) is 24.2. The van der Waals surface area contributed by atoms with E-state index in [0.717, 1.165) is 72.7 Å². The molecule has 4 aromatic heterocycles. The fourth-order valence-corrected chi connectivity index (χ4v) is 11.0. The summed E-state index contributed by atoms with van der Waals surface area (Å²) in [5.41, 5.74) is 6.59. The molecular weight excluding hydrogens is 1660 g/mol. The van der Waals surface area contributed by atoms with Gasteiger partial charge in [0.2, 0.25) is 0 Å². The first-order chi connectivity index (χ1) is 50.1. The van der Waals surface area contributed by atoms with Crippen molar-refractivity contribution < 1.29 is 210 Å². The van der Waals surface area contributed by atoms with Crippen LogP contribution in [0.4, 0.5) is 15.3 Å². The normalized spacial score (nSPS) is 9.67. The third-order valence-corrected chi connectivity index (χ3v) is 16.2. The number of hydrogen-bond acceptors (Lipinski definition) is 17. The van der Waals surface area contributed by atoms with Gasteiger partial charge in [0.05, 0.1) is 27.4 Å². The Labute approximate surface area is 742 Å². The molecule has 2 N–H and O–H groups in total. The molecule has 1 radical (unpaired) electrons. The molecule has 0 aliphatic heterocycles. The number of aliphatic carboxylic acids is 1. The number of thiol groups is 1. The summed E-state index contributed by atoms with van der Waals surface area (Å²) >= 11 is 2.03. The molecule has 28 heteroatoms. The summed E-state index contributed by atoms with van der Waals surface area (Å²) in [4.78, 5) is 37.0. The zero-order chi connectivity index (χ0) is 73.9. The summed E-state index contributed by atoms with van der Waals surface area (Å²) in [6.45, 7) is 5.85. The molecule has 0 atom stereocenters. The molecule has 0 unspecified atom stereocenters. The van der Waals surface area contributed by atoms with E-state index in [-0.39, 0.29) is 161 Å². The third kappa shape index (κ3) is 34.8. The van der Waals surface area contributed by atoms with E-state index in [1.54, 1.807) is 128 Å². The quantitative estimate of drug-likeness (QED) is 0.0164.